The first-order chi connectivity index (χ1) is 15.8. The number of ketones is 2. The lowest BCUT2D eigenvalue weighted by molar-refractivity contribution is -0.140. The minimum absolute atomic E-state index is 0.137. The molecule has 0 saturated heterocycles. The number of aliphatic carboxylic acids is 2. The SMILES string of the molecule is CC1(CC(=O)O)CCc2cc(O)ccc2C1=O.C[C@@]1(CC(=O)O)CCc2cc(O)ccc2C1=O. The summed E-state index contributed by atoms with van der Waals surface area (Å²) in [6.45, 7) is 3.39. The van der Waals surface area contributed by atoms with E-state index >= 15 is 0 Å². The molecule has 0 amide bonds. The fourth-order valence-corrected chi connectivity index (χ4v) is 4.72. The fourth-order valence-electron chi connectivity index (χ4n) is 4.72. The Morgan fingerprint density at radius 1 is 0.735 bits per heavy atom. The van der Waals surface area contributed by atoms with Gasteiger partial charge in [-0.1, -0.05) is 13.8 Å². The second-order valence-corrected chi connectivity index (χ2v) is 9.60. The summed E-state index contributed by atoms with van der Waals surface area (Å²) in [5, 5.41) is 36.4. The molecule has 2 aliphatic carbocycles. The molecule has 1 unspecified atom stereocenters. The van der Waals surface area contributed by atoms with E-state index in [0.717, 1.165) is 11.1 Å². The Hall–Kier alpha value is -3.68. The van der Waals surface area contributed by atoms with E-state index in [2.05, 4.69) is 0 Å². The van der Waals surface area contributed by atoms with Crippen LogP contribution in [-0.4, -0.2) is 43.9 Å². The average Bonchev–Trinajstić information content (AvgIpc) is 2.74. The van der Waals surface area contributed by atoms with Crippen molar-refractivity contribution in [2.45, 2.75) is 52.4 Å². The number of hydrogen-bond acceptors (Lipinski definition) is 6. The highest BCUT2D eigenvalue weighted by Crippen LogP contribution is 2.40. The Morgan fingerprint density at radius 2 is 1.09 bits per heavy atom. The third kappa shape index (κ3) is 5.11. The predicted molar refractivity (Wildman–Crippen MR) is 122 cm³/mol. The number of carbonyl (C=O) groups excluding carboxylic acids is 2. The van der Waals surface area contributed by atoms with E-state index in [-0.39, 0.29) is 35.9 Å². The summed E-state index contributed by atoms with van der Waals surface area (Å²) in [5.74, 6) is -1.91. The number of carboxylic acids is 2. The highest BCUT2D eigenvalue weighted by Gasteiger charge is 2.41. The van der Waals surface area contributed by atoms with Crippen LogP contribution in [0.3, 0.4) is 0 Å². The molecule has 0 aliphatic heterocycles. The summed E-state index contributed by atoms with van der Waals surface area (Å²) in [6, 6.07) is 9.23. The number of phenols is 2. The molecule has 2 aliphatic rings. The van der Waals surface area contributed by atoms with Crippen LogP contribution >= 0.6 is 0 Å². The number of hydrogen-bond donors (Lipinski definition) is 4. The van der Waals surface area contributed by atoms with Crippen LogP contribution < -0.4 is 0 Å². The predicted octanol–water partition coefficient (Wildman–Crippen LogP) is 4.00. The van der Waals surface area contributed by atoms with Gasteiger partial charge in [0.15, 0.2) is 11.6 Å². The fraction of sp³-hybridized carbons (Fsp3) is 0.385. The maximum absolute atomic E-state index is 12.2. The number of aryl methyl sites for hydroxylation is 2. The van der Waals surface area contributed by atoms with Crippen LogP contribution in [0.4, 0.5) is 0 Å². The number of carbonyl (C=O) groups is 4. The van der Waals surface area contributed by atoms with Gasteiger partial charge in [-0.15, -0.1) is 0 Å². The van der Waals surface area contributed by atoms with E-state index in [1.165, 1.54) is 12.1 Å². The molecule has 0 saturated carbocycles. The molecule has 0 heterocycles. The van der Waals surface area contributed by atoms with Crippen molar-refractivity contribution in [3.63, 3.8) is 0 Å². The van der Waals surface area contributed by atoms with Crippen molar-refractivity contribution >= 4 is 23.5 Å². The molecule has 0 spiro atoms. The van der Waals surface area contributed by atoms with Crippen molar-refractivity contribution in [3.8, 4) is 11.5 Å². The number of aromatic hydroxyl groups is 2. The number of Topliss-reactive ketones (excluding diaryl/α,β-unsaturated/α-hetero) is 2. The second kappa shape index (κ2) is 9.29. The maximum Gasteiger partial charge on any atom is 0.304 e. The molecule has 0 aromatic heterocycles. The van der Waals surface area contributed by atoms with Gasteiger partial charge in [0.05, 0.1) is 12.8 Å². The number of rotatable bonds is 4. The monoisotopic (exact) mass is 468 g/mol. The van der Waals surface area contributed by atoms with Gasteiger partial charge in [-0.3, -0.25) is 19.2 Å². The number of carboxylic acid groups (broad SMARTS) is 2. The highest BCUT2D eigenvalue weighted by atomic mass is 16.4. The van der Waals surface area contributed by atoms with Crippen LogP contribution in [0, 0.1) is 10.8 Å². The van der Waals surface area contributed by atoms with E-state index < -0.39 is 22.8 Å². The minimum atomic E-state index is -0.955. The van der Waals surface area contributed by atoms with Crippen LogP contribution in [0.1, 0.15) is 71.4 Å². The standard InChI is InChI=1S/2C13H14O4/c2*1-13(7-11(15)16)5-4-8-6-9(14)2-3-10(8)12(13)17/h2*2-3,6,14H,4-5,7H2,1H3,(H,15,16)/t13-;/m0./s1. The highest BCUT2D eigenvalue weighted by molar-refractivity contribution is 6.04. The minimum Gasteiger partial charge on any atom is -0.508 e. The normalized spacial score (nSPS) is 23.2. The van der Waals surface area contributed by atoms with E-state index in [1.807, 2.05) is 0 Å². The van der Waals surface area contributed by atoms with E-state index in [0.29, 0.717) is 36.8 Å². The molecule has 0 radical (unpaired) electrons. The van der Waals surface area contributed by atoms with Crippen molar-refractivity contribution < 1.29 is 39.6 Å². The topological polar surface area (TPSA) is 149 Å². The van der Waals surface area contributed by atoms with Crippen LogP contribution in [0.15, 0.2) is 36.4 Å². The van der Waals surface area contributed by atoms with E-state index in [1.54, 1.807) is 38.1 Å². The third-order valence-corrected chi connectivity index (χ3v) is 6.74. The lowest BCUT2D eigenvalue weighted by Crippen LogP contribution is -2.35. The van der Waals surface area contributed by atoms with Gasteiger partial charge in [-0.25, -0.2) is 0 Å². The molecular weight excluding hydrogens is 440 g/mol. The maximum atomic E-state index is 12.2. The van der Waals surface area contributed by atoms with Crippen molar-refractivity contribution in [3.05, 3.63) is 58.7 Å². The van der Waals surface area contributed by atoms with Gasteiger partial charge in [-0.2, -0.15) is 0 Å². The first-order valence-corrected chi connectivity index (χ1v) is 11.0. The summed E-state index contributed by atoms with van der Waals surface area (Å²) >= 11 is 0. The van der Waals surface area contributed by atoms with Crippen molar-refractivity contribution in [2.75, 3.05) is 0 Å². The number of benzene rings is 2. The van der Waals surface area contributed by atoms with Crippen LogP contribution in [0.25, 0.3) is 0 Å². The lowest BCUT2D eigenvalue weighted by atomic mass is 9.70. The quantitative estimate of drug-likeness (QED) is 0.526. The largest absolute Gasteiger partial charge is 0.508 e. The van der Waals surface area contributed by atoms with Crippen molar-refractivity contribution in [2.24, 2.45) is 10.8 Å². The van der Waals surface area contributed by atoms with Crippen LogP contribution in [0.2, 0.25) is 0 Å². The number of fused-ring (bicyclic) bond motifs is 2. The zero-order valence-electron chi connectivity index (χ0n) is 19.1. The molecule has 4 N–H and O–H groups in total. The molecule has 8 nitrogen and oxygen atoms in total. The Morgan fingerprint density at radius 3 is 1.41 bits per heavy atom. The Bertz CT molecular complexity index is 1080. The molecule has 8 heteroatoms. The van der Waals surface area contributed by atoms with Gasteiger partial charge in [0.25, 0.3) is 0 Å². The summed E-state index contributed by atoms with van der Waals surface area (Å²) in [6.07, 6.45) is 1.97. The third-order valence-electron chi connectivity index (χ3n) is 6.74. The average molecular weight is 469 g/mol. The van der Waals surface area contributed by atoms with Crippen molar-refractivity contribution in [1.82, 2.24) is 0 Å². The molecule has 4 rings (SSSR count). The molecule has 0 bridgehead atoms. The molecule has 34 heavy (non-hydrogen) atoms. The Balaban J connectivity index is 0.000000191. The van der Waals surface area contributed by atoms with Gasteiger partial charge in [0.1, 0.15) is 11.5 Å². The summed E-state index contributed by atoms with van der Waals surface area (Å²) < 4.78 is 0. The van der Waals surface area contributed by atoms with Gasteiger partial charge in [0, 0.05) is 22.0 Å². The van der Waals surface area contributed by atoms with Crippen molar-refractivity contribution in [1.29, 1.82) is 0 Å². The first-order valence-electron chi connectivity index (χ1n) is 11.0. The van der Waals surface area contributed by atoms with Gasteiger partial charge in [-0.05, 0) is 73.2 Å². The van der Waals surface area contributed by atoms with Gasteiger partial charge < -0.3 is 20.4 Å². The molecule has 180 valence electrons. The van der Waals surface area contributed by atoms with E-state index in [9.17, 15) is 29.4 Å². The van der Waals surface area contributed by atoms with Crippen LogP contribution in [0.5, 0.6) is 11.5 Å². The molecule has 2 aromatic carbocycles. The first kappa shape index (κ1) is 25.0. The van der Waals surface area contributed by atoms with Gasteiger partial charge >= 0.3 is 11.9 Å². The summed E-state index contributed by atoms with van der Waals surface area (Å²) in [5.41, 5.74) is 1.04. The summed E-state index contributed by atoms with van der Waals surface area (Å²) in [4.78, 5) is 46.1. The Labute approximate surface area is 196 Å². The molecular formula is C26H28O8. The van der Waals surface area contributed by atoms with Crippen LogP contribution in [-0.2, 0) is 22.4 Å². The van der Waals surface area contributed by atoms with Gasteiger partial charge in [0.2, 0.25) is 0 Å². The lowest BCUT2D eigenvalue weighted by Gasteiger charge is -2.31. The smallest absolute Gasteiger partial charge is 0.304 e. The Kier molecular flexibility index (Phi) is 6.82. The number of phenolic OH excluding ortho intramolecular Hbond substituents is 2. The zero-order valence-corrected chi connectivity index (χ0v) is 19.1. The van der Waals surface area contributed by atoms with E-state index in [4.69, 9.17) is 10.2 Å². The molecule has 2 atom stereocenters. The molecule has 2 aromatic rings. The second-order valence-electron chi connectivity index (χ2n) is 9.60. The summed E-state index contributed by atoms with van der Waals surface area (Å²) in [7, 11) is 0. The zero-order chi connectivity index (χ0) is 25.3. The molecule has 0 fully saturated rings.